The highest BCUT2D eigenvalue weighted by Crippen LogP contribution is 2.22. The molecule has 1 aromatic rings. The minimum absolute atomic E-state index is 0.0268. The van der Waals surface area contributed by atoms with E-state index in [1.165, 1.54) is 11.5 Å². The van der Waals surface area contributed by atoms with E-state index in [2.05, 4.69) is 4.98 Å². The first-order valence-electron chi connectivity index (χ1n) is 3.96. The molecule has 2 rings (SSSR count). The first-order valence-corrected chi connectivity index (χ1v) is 5.62. The van der Waals surface area contributed by atoms with E-state index in [0.29, 0.717) is 0 Å². The second kappa shape index (κ2) is 2.57. The molecule has 1 N–H and O–H groups in total. The maximum absolute atomic E-state index is 11.4. The minimum atomic E-state index is -3.35. The van der Waals surface area contributed by atoms with Crippen molar-refractivity contribution >= 4 is 15.8 Å². The predicted molar refractivity (Wildman–Crippen MR) is 46.0 cm³/mol. The van der Waals surface area contributed by atoms with Crippen LogP contribution in [0.3, 0.4) is 0 Å². The molecule has 0 aliphatic carbocycles. The number of aromatic carboxylic acids is 1. The van der Waals surface area contributed by atoms with Gasteiger partial charge in [0.05, 0.1) is 11.4 Å². The zero-order valence-electron chi connectivity index (χ0n) is 7.39. The Bertz CT molecular complexity index is 514. The van der Waals surface area contributed by atoms with Gasteiger partial charge < -0.3 is 9.67 Å². The first-order chi connectivity index (χ1) is 6.43. The highest BCUT2D eigenvalue weighted by Gasteiger charge is 2.33. The molecule has 1 aliphatic heterocycles. The summed E-state index contributed by atoms with van der Waals surface area (Å²) in [6.45, 7) is 1.67. The van der Waals surface area contributed by atoms with Gasteiger partial charge in [0, 0.05) is 6.54 Å². The third-order valence-corrected chi connectivity index (χ3v) is 3.76. The van der Waals surface area contributed by atoms with Gasteiger partial charge in [-0.05, 0) is 6.92 Å². The van der Waals surface area contributed by atoms with Gasteiger partial charge in [0.1, 0.15) is 0 Å². The molecule has 6 nitrogen and oxygen atoms in total. The molecule has 76 valence electrons. The fourth-order valence-electron chi connectivity index (χ4n) is 1.57. The number of aromatic nitrogens is 2. The summed E-state index contributed by atoms with van der Waals surface area (Å²) in [4.78, 5) is 14.6. The number of nitrogens with zero attached hydrogens (tertiary/aromatic N) is 2. The van der Waals surface area contributed by atoms with E-state index in [-0.39, 0.29) is 28.8 Å². The van der Waals surface area contributed by atoms with E-state index in [1.54, 1.807) is 0 Å². The molecule has 0 saturated heterocycles. The average molecular weight is 216 g/mol. The Morgan fingerprint density at radius 2 is 2.21 bits per heavy atom. The van der Waals surface area contributed by atoms with Crippen LogP contribution in [0.4, 0.5) is 0 Å². The Hall–Kier alpha value is -1.37. The monoisotopic (exact) mass is 216 g/mol. The normalized spacial score (nSPS) is 18.1. The Labute approximate surface area is 80.1 Å². The maximum atomic E-state index is 11.4. The summed E-state index contributed by atoms with van der Waals surface area (Å²) in [5, 5.41) is 8.72. The van der Waals surface area contributed by atoms with Crippen LogP contribution >= 0.6 is 0 Å². The number of imidazole rings is 1. The molecule has 1 aromatic heterocycles. The highest BCUT2D eigenvalue weighted by molar-refractivity contribution is 7.91. The van der Waals surface area contributed by atoms with Gasteiger partial charge in [0.15, 0.2) is 5.69 Å². The number of carboxylic acids is 1. The molecule has 0 radical (unpaired) electrons. The molecule has 1 aliphatic rings. The minimum Gasteiger partial charge on any atom is -0.477 e. The van der Waals surface area contributed by atoms with Crippen LogP contribution in [0.15, 0.2) is 5.16 Å². The first kappa shape index (κ1) is 9.20. The van der Waals surface area contributed by atoms with Crippen molar-refractivity contribution < 1.29 is 18.3 Å². The molecule has 0 spiro atoms. The Morgan fingerprint density at radius 3 is 2.79 bits per heavy atom. The summed E-state index contributed by atoms with van der Waals surface area (Å²) in [6, 6.07) is 0. The lowest BCUT2D eigenvalue weighted by Crippen LogP contribution is -2.08. The summed E-state index contributed by atoms with van der Waals surface area (Å²) in [7, 11) is -3.35. The largest absolute Gasteiger partial charge is 0.477 e. The molecule has 14 heavy (non-hydrogen) atoms. The van der Waals surface area contributed by atoms with Crippen molar-refractivity contribution in [3.63, 3.8) is 0 Å². The second-order valence-corrected chi connectivity index (χ2v) is 5.11. The highest BCUT2D eigenvalue weighted by atomic mass is 32.2. The van der Waals surface area contributed by atoms with Crippen molar-refractivity contribution in [2.24, 2.45) is 0 Å². The van der Waals surface area contributed by atoms with Gasteiger partial charge in [-0.25, -0.2) is 18.2 Å². The number of hydrogen-bond donors (Lipinski definition) is 1. The quantitative estimate of drug-likeness (QED) is 0.694. The molecular formula is C7H8N2O4S. The number of aryl methyl sites for hydroxylation is 1. The van der Waals surface area contributed by atoms with Gasteiger partial charge in [-0.2, -0.15) is 0 Å². The topological polar surface area (TPSA) is 89.3 Å². The molecule has 0 atom stereocenters. The van der Waals surface area contributed by atoms with Gasteiger partial charge in [0.2, 0.25) is 15.0 Å². The summed E-state index contributed by atoms with van der Waals surface area (Å²) in [5.41, 5.74) is 0.219. The van der Waals surface area contributed by atoms with E-state index >= 15 is 0 Å². The third kappa shape index (κ3) is 1.05. The number of sulfone groups is 1. The van der Waals surface area contributed by atoms with Gasteiger partial charge in [-0.1, -0.05) is 0 Å². The molecule has 0 amide bonds. The number of carbonyl (C=O) groups is 1. The van der Waals surface area contributed by atoms with Crippen molar-refractivity contribution in [2.75, 3.05) is 5.75 Å². The SMILES string of the molecule is Cc1nc2n(c1C(=O)O)CCS2(=O)=O. The summed E-state index contributed by atoms with van der Waals surface area (Å²) >= 11 is 0. The molecule has 0 unspecified atom stereocenters. The fourth-order valence-corrected chi connectivity index (χ4v) is 2.97. The predicted octanol–water partition coefficient (Wildman–Crippen LogP) is -0.323. The number of carboxylic acid groups (broad SMARTS) is 1. The van der Waals surface area contributed by atoms with Gasteiger partial charge in [0.25, 0.3) is 0 Å². The molecule has 7 heteroatoms. The van der Waals surface area contributed by atoms with Crippen molar-refractivity contribution in [1.29, 1.82) is 0 Å². The van der Waals surface area contributed by atoms with Crippen molar-refractivity contribution in [2.45, 2.75) is 18.6 Å². The lowest BCUT2D eigenvalue weighted by Gasteiger charge is -1.97. The van der Waals surface area contributed by atoms with E-state index in [1.807, 2.05) is 0 Å². The number of hydrogen-bond acceptors (Lipinski definition) is 4. The fraction of sp³-hybridized carbons (Fsp3) is 0.429. The third-order valence-electron chi connectivity index (χ3n) is 2.17. The van der Waals surface area contributed by atoms with E-state index in [4.69, 9.17) is 5.11 Å². The lowest BCUT2D eigenvalue weighted by molar-refractivity contribution is 0.0684. The molecule has 0 fully saturated rings. The Balaban J connectivity index is 2.75. The summed E-state index contributed by atoms with van der Waals surface area (Å²) in [5.74, 6) is -1.20. The van der Waals surface area contributed by atoms with Crippen LogP contribution in [0, 0.1) is 6.92 Å². The smallest absolute Gasteiger partial charge is 0.354 e. The van der Waals surface area contributed by atoms with Crippen LogP contribution in [-0.2, 0) is 16.4 Å². The Kier molecular flexibility index (Phi) is 1.69. The van der Waals surface area contributed by atoms with E-state index in [9.17, 15) is 13.2 Å². The Morgan fingerprint density at radius 1 is 1.57 bits per heavy atom. The van der Waals surface area contributed by atoms with Crippen LogP contribution in [0.2, 0.25) is 0 Å². The molecule has 2 heterocycles. The van der Waals surface area contributed by atoms with Crippen LogP contribution in [-0.4, -0.2) is 34.8 Å². The molecule has 0 saturated carbocycles. The van der Waals surface area contributed by atoms with Crippen molar-refractivity contribution in [3.8, 4) is 0 Å². The second-order valence-electron chi connectivity index (χ2n) is 3.10. The summed E-state index contributed by atoms with van der Waals surface area (Å²) in [6.07, 6.45) is 0. The molecule has 0 aromatic carbocycles. The van der Waals surface area contributed by atoms with E-state index < -0.39 is 15.8 Å². The zero-order chi connectivity index (χ0) is 10.5. The maximum Gasteiger partial charge on any atom is 0.354 e. The number of fused-ring (bicyclic) bond motifs is 1. The number of rotatable bonds is 1. The zero-order valence-corrected chi connectivity index (χ0v) is 8.21. The lowest BCUT2D eigenvalue weighted by atomic mass is 10.3. The van der Waals surface area contributed by atoms with Crippen LogP contribution in [0.5, 0.6) is 0 Å². The van der Waals surface area contributed by atoms with Gasteiger partial charge in [-0.3, -0.25) is 0 Å². The van der Waals surface area contributed by atoms with Gasteiger partial charge in [-0.15, -0.1) is 0 Å². The van der Waals surface area contributed by atoms with E-state index in [0.717, 1.165) is 0 Å². The van der Waals surface area contributed by atoms with Crippen molar-refractivity contribution in [3.05, 3.63) is 11.4 Å². The van der Waals surface area contributed by atoms with Crippen LogP contribution in [0.1, 0.15) is 16.2 Å². The summed E-state index contributed by atoms with van der Waals surface area (Å²) < 4.78 is 24.0. The molecular weight excluding hydrogens is 208 g/mol. The van der Waals surface area contributed by atoms with Crippen LogP contribution in [0.25, 0.3) is 0 Å². The van der Waals surface area contributed by atoms with Crippen molar-refractivity contribution in [1.82, 2.24) is 9.55 Å². The average Bonchev–Trinajstić information content (AvgIpc) is 2.50. The standard InChI is InChI=1S/C7H8N2O4S/c1-4-5(6(10)11)9-2-3-14(12,13)7(9)8-4/h2-3H2,1H3,(H,10,11). The molecule has 0 bridgehead atoms. The van der Waals surface area contributed by atoms with Gasteiger partial charge >= 0.3 is 5.97 Å². The van der Waals surface area contributed by atoms with Crippen LogP contribution < -0.4 is 0 Å².